The van der Waals surface area contributed by atoms with Crippen LogP contribution in [0, 0.1) is 0 Å². The monoisotopic (exact) mass is 151 g/mol. The van der Waals surface area contributed by atoms with Gasteiger partial charge in [-0.25, -0.2) is 0 Å². The summed E-state index contributed by atoms with van der Waals surface area (Å²) in [6, 6.07) is -0.0478. The van der Waals surface area contributed by atoms with Crippen molar-refractivity contribution in [1.29, 1.82) is 0 Å². The fourth-order valence-electron chi connectivity index (χ4n) is 0.421. The van der Waals surface area contributed by atoms with Gasteiger partial charge in [-0.3, -0.25) is 0 Å². The van der Waals surface area contributed by atoms with Crippen LogP contribution in [0.5, 0.6) is 0 Å². The summed E-state index contributed by atoms with van der Waals surface area (Å²) >= 11 is 0. The molecule has 0 radical (unpaired) electrons. The van der Waals surface area contributed by atoms with Crippen molar-refractivity contribution < 1.29 is 14.4 Å². The maximum atomic E-state index is 8.46. The molecule has 4 nitrogen and oxygen atoms in total. The molecular formula is C4H13NO3Si. The van der Waals surface area contributed by atoms with Gasteiger partial charge in [-0.2, -0.15) is 0 Å². The molecule has 0 aromatic carbocycles. The molecule has 1 unspecified atom stereocenters. The molecule has 0 aliphatic heterocycles. The van der Waals surface area contributed by atoms with E-state index in [9.17, 15) is 0 Å². The van der Waals surface area contributed by atoms with E-state index in [0.29, 0.717) is 6.42 Å². The number of hydrogen-bond acceptors (Lipinski definition) is 4. The van der Waals surface area contributed by atoms with Crippen molar-refractivity contribution in [2.75, 3.05) is 0 Å². The molecule has 9 heavy (non-hydrogen) atoms. The lowest BCUT2D eigenvalue weighted by Gasteiger charge is -2.09. The summed E-state index contributed by atoms with van der Waals surface area (Å²) in [5, 5.41) is 0. The molecule has 0 aromatic rings. The largest absolute Gasteiger partial charge is 0.492 e. The topological polar surface area (TPSA) is 86.7 Å². The first-order chi connectivity index (χ1) is 3.92. The number of nitrogens with two attached hydrogens (primary N) is 1. The first-order valence-electron chi connectivity index (χ1n) is 2.84. The van der Waals surface area contributed by atoms with Gasteiger partial charge in [0.25, 0.3) is 0 Å². The summed E-state index contributed by atoms with van der Waals surface area (Å²) in [5.41, 5.74) is 5.29. The fraction of sp³-hybridized carbons (Fsp3) is 1.00. The maximum Gasteiger partial charge on any atom is 0.492 e. The third kappa shape index (κ3) is 8.06. The van der Waals surface area contributed by atoms with E-state index in [1.165, 1.54) is 0 Å². The molecule has 0 spiro atoms. The van der Waals surface area contributed by atoms with Crippen LogP contribution < -0.4 is 5.73 Å². The molecule has 0 aliphatic carbocycles. The minimum absolute atomic E-state index is 0.0324. The smallest absolute Gasteiger partial charge is 0.390 e. The van der Waals surface area contributed by atoms with Gasteiger partial charge in [-0.05, 0) is 13.3 Å². The quantitative estimate of drug-likeness (QED) is 0.375. The molecule has 0 bridgehead atoms. The van der Waals surface area contributed by atoms with Crippen LogP contribution in [-0.2, 0) is 0 Å². The van der Waals surface area contributed by atoms with Gasteiger partial charge in [0.2, 0.25) is 0 Å². The van der Waals surface area contributed by atoms with Gasteiger partial charge in [0, 0.05) is 12.1 Å². The zero-order valence-corrected chi connectivity index (χ0v) is 6.41. The van der Waals surface area contributed by atoms with E-state index < -0.39 is 8.80 Å². The van der Waals surface area contributed by atoms with Gasteiger partial charge in [0.1, 0.15) is 0 Å². The summed E-state index contributed by atoms with van der Waals surface area (Å²) in [5.74, 6) is 0. The highest BCUT2D eigenvalue weighted by atomic mass is 28.4. The third-order valence-corrected chi connectivity index (χ3v) is 1.89. The molecule has 0 fully saturated rings. The predicted molar refractivity (Wildman–Crippen MR) is 35.5 cm³/mol. The Morgan fingerprint density at radius 3 is 2.00 bits per heavy atom. The molecule has 0 aliphatic rings. The first-order valence-corrected chi connectivity index (χ1v) is 4.89. The average molecular weight is 151 g/mol. The van der Waals surface area contributed by atoms with Crippen LogP contribution in [0.25, 0.3) is 0 Å². The first kappa shape index (κ1) is 9.06. The Kier molecular flexibility index (Phi) is 3.30. The molecule has 0 rings (SSSR count). The Bertz CT molecular complexity index is 80.4. The minimum Gasteiger partial charge on any atom is -0.390 e. The van der Waals surface area contributed by atoms with E-state index in [1.807, 2.05) is 0 Å². The molecule has 0 saturated heterocycles. The highest BCUT2D eigenvalue weighted by Gasteiger charge is 2.26. The number of hydrogen-bond donors (Lipinski definition) is 4. The van der Waals surface area contributed by atoms with Crippen molar-refractivity contribution in [1.82, 2.24) is 0 Å². The van der Waals surface area contributed by atoms with Crippen molar-refractivity contribution in [2.45, 2.75) is 25.4 Å². The van der Waals surface area contributed by atoms with E-state index in [4.69, 9.17) is 20.1 Å². The minimum atomic E-state index is -3.80. The van der Waals surface area contributed by atoms with E-state index in [-0.39, 0.29) is 12.1 Å². The van der Waals surface area contributed by atoms with Crippen LogP contribution in [0.15, 0.2) is 0 Å². The Balaban J connectivity index is 3.28. The van der Waals surface area contributed by atoms with Crippen molar-refractivity contribution >= 4 is 8.80 Å². The lowest BCUT2D eigenvalue weighted by molar-refractivity contribution is 0.225. The average Bonchev–Trinajstić information content (AvgIpc) is 1.59. The van der Waals surface area contributed by atoms with Crippen molar-refractivity contribution in [3.63, 3.8) is 0 Å². The van der Waals surface area contributed by atoms with Crippen LogP contribution in [0.4, 0.5) is 0 Å². The Morgan fingerprint density at radius 1 is 1.44 bits per heavy atom. The summed E-state index contributed by atoms with van der Waals surface area (Å²) < 4.78 is 0. The van der Waals surface area contributed by atoms with Crippen molar-refractivity contribution in [2.24, 2.45) is 5.73 Å². The lowest BCUT2D eigenvalue weighted by Crippen LogP contribution is -2.36. The molecule has 0 aromatic heterocycles. The molecule has 5 heteroatoms. The van der Waals surface area contributed by atoms with E-state index in [1.54, 1.807) is 6.92 Å². The molecule has 1 atom stereocenters. The lowest BCUT2D eigenvalue weighted by atomic mass is 10.3. The van der Waals surface area contributed by atoms with Gasteiger partial charge in [-0.1, -0.05) is 0 Å². The molecular weight excluding hydrogens is 138 g/mol. The SMILES string of the molecule is CC(N)CC[Si](O)(O)O. The fourth-order valence-corrected chi connectivity index (χ4v) is 1.26. The second-order valence-electron chi connectivity index (χ2n) is 2.29. The van der Waals surface area contributed by atoms with Crippen LogP contribution >= 0.6 is 0 Å². The van der Waals surface area contributed by atoms with Crippen molar-refractivity contribution in [3.05, 3.63) is 0 Å². The summed E-state index contributed by atoms with van der Waals surface area (Å²) in [4.78, 5) is 25.4. The van der Waals surface area contributed by atoms with Crippen LogP contribution in [0.3, 0.4) is 0 Å². The van der Waals surface area contributed by atoms with E-state index in [2.05, 4.69) is 0 Å². The predicted octanol–water partition coefficient (Wildman–Crippen LogP) is -1.36. The summed E-state index contributed by atoms with van der Waals surface area (Å²) in [6.07, 6.45) is 0.454. The van der Waals surface area contributed by atoms with E-state index in [0.717, 1.165) is 0 Å². The Labute approximate surface area is 55.3 Å². The van der Waals surface area contributed by atoms with Crippen LogP contribution in [0.2, 0.25) is 6.04 Å². The Hall–Kier alpha value is 0.0569. The zero-order chi connectivity index (χ0) is 7.49. The standard InChI is InChI=1S/C4H13NO3Si/c1-4(5)2-3-9(6,7)8/h4,6-8H,2-3,5H2,1H3. The van der Waals surface area contributed by atoms with Crippen molar-refractivity contribution in [3.8, 4) is 0 Å². The number of rotatable bonds is 3. The van der Waals surface area contributed by atoms with Gasteiger partial charge in [0.05, 0.1) is 0 Å². The maximum absolute atomic E-state index is 8.46. The van der Waals surface area contributed by atoms with Gasteiger partial charge in [0.15, 0.2) is 0 Å². The Morgan fingerprint density at radius 2 is 1.89 bits per heavy atom. The molecule has 0 saturated carbocycles. The molecule has 56 valence electrons. The van der Waals surface area contributed by atoms with Gasteiger partial charge < -0.3 is 20.1 Å². The highest BCUT2D eigenvalue weighted by Crippen LogP contribution is 2.02. The highest BCUT2D eigenvalue weighted by molar-refractivity contribution is 6.56. The second-order valence-corrected chi connectivity index (χ2v) is 4.34. The zero-order valence-electron chi connectivity index (χ0n) is 5.41. The van der Waals surface area contributed by atoms with Crippen LogP contribution in [-0.4, -0.2) is 29.2 Å². The normalized spacial score (nSPS) is 15.7. The summed E-state index contributed by atoms with van der Waals surface area (Å²) in [7, 11) is -3.80. The molecule has 0 heterocycles. The van der Waals surface area contributed by atoms with E-state index >= 15 is 0 Å². The van der Waals surface area contributed by atoms with Gasteiger partial charge >= 0.3 is 8.80 Å². The second kappa shape index (κ2) is 3.28. The molecule has 0 amide bonds. The van der Waals surface area contributed by atoms with Crippen LogP contribution in [0.1, 0.15) is 13.3 Å². The summed E-state index contributed by atoms with van der Waals surface area (Å²) in [6.45, 7) is 1.75. The molecule has 5 N–H and O–H groups in total. The van der Waals surface area contributed by atoms with Gasteiger partial charge in [-0.15, -0.1) is 0 Å². The third-order valence-electron chi connectivity index (χ3n) is 0.935.